The molecule has 0 spiro atoms. The highest BCUT2D eigenvalue weighted by Crippen LogP contribution is 2.41. The Morgan fingerprint density at radius 1 is 0.914 bits per heavy atom. The van der Waals surface area contributed by atoms with Crippen molar-refractivity contribution < 1.29 is 47.4 Å². The monoisotopic (exact) mass is 805 g/mol. The molecule has 15 nitrogen and oxygen atoms in total. The van der Waals surface area contributed by atoms with Gasteiger partial charge in [-0.15, -0.1) is 0 Å². The normalized spacial score (nSPS) is 14.2. The number of aliphatic carboxylic acids is 1. The van der Waals surface area contributed by atoms with Crippen molar-refractivity contribution in [2.75, 3.05) is 26.2 Å². The molecule has 58 heavy (non-hydrogen) atoms. The van der Waals surface area contributed by atoms with E-state index in [1.165, 1.54) is 6.92 Å². The SMILES string of the molecule is CC(=O)N(CC[C@H](N)C(=O)NCCN(C(=O)CN1C(=O)C=CC1=O)[C@@H](CCC(N)=O)C(=O)O)[C@@H](c1cc(-c2cc(F)ccc2F)cn1Cc1ccccc1)C(C)(C)C. The molecule has 0 bridgehead atoms. The predicted molar refractivity (Wildman–Crippen MR) is 208 cm³/mol. The van der Waals surface area contributed by atoms with Gasteiger partial charge in [0.05, 0.1) is 12.1 Å². The number of carboxylic acids is 1. The van der Waals surface area contributed by atoms with Gasteiger partial charge in [-0.2, -0.15) is 0 Å². The third-order valence-electron chi connectivity index (χ3n) is 9.69. The molecule has 0 aliphatic carbocycles. The lowest BCUT2D eigenvalue weighted by Gasteiger charge is -2.41. The first kappa shape index (κ1) is 44.5. The molecule has 6 amide bonds. The van der Waals surface area contributed by atoms with Gasteiger partial charge in [-0.1, -0.05) is 51.1 Å². The second-order valence-electron chi connectivity index (χ2n) is 15.1. The Balaban J connectivity index is 1.54. The van der Waals surface area contributed by atoms with E-state index in [2.05, 4.69) is 5.32 Å². The standard InChI is InChI=1S/C41H49F2N7O8/c1-25(51)48(38(41(2,3)4)33-20-27(29-21-28(42)10-11-30(29)43)23-47(33)22-26-8-6-5-7-9-26)18-16-31(44)39(56)46-17-19-49(32(40(57)58)12-13-34(45)52)37(55)24-50-35(53)14-15-36(50)54/h5-11,14-15,20-21,23,31-32,38H,12-13,16-19,22,24,44H2,1-4H3,(H2,45,52)(H,46,56)(H,57,58)/t31-,32-,38-/m0/s1. The number of carboxylic acid groups (broad SMARTS) is 1. The van der Waals surface area contributed by atoms with Gasteiger partial charge in [-0.3, -0.25) is 33.7 Å². The second-order valence-corrected chi connectivity index (χ2v) is 15.1. The number of halogens is 2. The Morgan fingerprint density at radius 3 is 2.16 bits per heavy atom. The molecule has 0 radical (unpaired) electrons. The van der Waals surface area contributed by atoms with E-state index in [1.807, 2.05) is 55.7 Å². The Bertz CT molecular complexity index is 2050. The average molecular weight is 806 g/mol. The molecule has 4 rings (SSSR count). The summed E-state index contributed by atoms with van der Waals surface area (Å²) in [6.07, 6.45) is 2.86. The van der Waals surface area contributed by atoms with Crippen LogP contribution >= 0.6 is 0 Å². The summed E-state index contributed by atoms with van der Waals surface area (Å²) < 4.78 is 31.3. The van der Waals surface area contributed by atoms with Gasteiger partial charge in [0.25, 0.3) is 11.8 Å². The van der Waals surface area contributed by atoms with E-state index in [4.69, 9.17) is 11.5 Å². The third kappa shape index (κ3) is 11.4. The first-order valence-electron chi connectivity index (χ1n) is 18.6. The van der Waals surface area contributed by atoms with Crippen LogP contribution in [0.3, 0.4) is 0 Å². The lowest BCUT2D eigenvalue weighted by Crippen LogP contribution is -2.53. The lowest BCUT2D eigenvalue weighted by atomic mass is 9.82. The minimum Gasteiger partial charge on any atom is -0.480 e. The van der Waals surface area contributed by atoms with Crippen molar-refractivity contribution in [1.82, 2.24) is 24.6 Å². The highest BCUT2D eigenvalue weighted by molar-refractivity contribution is 6.14. The van der Waals surface area contributed by atoms with Crippen LogP contribution < -0.4 is 16.8 Å². The molecule has 2 aromatic carbocycles. The average Bonchev–Trinajstić information content (AvgIpc) is 3.70. The van der Waals surface area contributed by atoms with E-state index in [-0.39, 0.29) is 43.8 Å². The van der Waals surface area contributed by atoms with Gasteiger partial charge in [-0.05, 0) is 48.1 Å². The molecule has 0 saturated carbocycles. The largest absolute Gasteiger partial charge is 0.480 e. The molecule has 6 N–H and O–H groups in total. The molecule has 1 aromatic heterocycles. The minimum atomic E-state index is -1.58. The summed E-state index contributed by atoms with van der Waals surface area (Å²) in [5.74, 6) is -7.00. The molecule has 2 heterocycles. The van der Waals surface area contributed by atoms with E-state index < -0.39 is 83.8 Å². The number of nitrogens with two attached hydrogens (primary N) is 2. The van der Waals surface area contributed by atoms with Crippen molar-refractivity contribution in [3.05, 3.63) is 95.8 Å². The van der Waals surface area contributed by atoms with Crippen molar-refractivity contribution in [3.63, 3.8) is 0 Å². The van der Waals surface area contributed by atoms with Gasteiger partial charge in [0.2, 0.25) is 23.6 Å². The molecule has 1 aliphatic heterocycles. The van der Waals surface area contributed by atoms with Crippen molar-refractivity contribution in [1.29, 1.82) is 0 Å². The summed E-state index contributed by atoms with van der Waals surface area (Å²) >= 11 is 0. The van der Waals surface area contributed by atoms with Crippen LogP contribution in [-0.4, -0.2) is 104 Å². The fraction of sp³-hybridized carbons (Fsp3) is 0.390. The Morgan fingerprint density at radius 2 is 1.57 bits per heavy atom. The van der Waals surface area contributed by atoms with Crippen LogP contribution in [0.1, 0.15) is 64.3 Å². The summed E-state index contributed by atoms with van der Waals surface area (Å²) in [6, 6.07) is 11.0. The van der Waals surface area contributed by atoms with Crippen molar-refractivity contribution in [2.45, 2.75) is 71.6 Å². The topological polar surface area (TPSA) is 218 Å². The van der Waals surface area contributed by atoms with Gasteiger partial charge in [0.1, 0.15) is 24.2 Å². The number of aromatic nitrogens is 1. The van der Waals surface area contributed by atoms with Gasteiger partial charge in [-0.25, -0.2) is 13.6 Å². The van der Waals surface area contributed by atoms with Crippen LogP contribution in [0.5, 0.6) is 0 Å². The van der Waals surface area contributed by atoms with Crippen molar-refractivity contribution >= 4 is 41.4 Å². The molecule has 0 unspecified atom stereocenters. The molecule has 3 aromatic rings. The maximum Gasteiger partial charge on any atom is 0.326 e. The zero-order valence-electron chi connectivity index (χ0n) is 32.8. The van der Waals surface area contributed by atoms with Crippen LogP contribution in [0.25, 0.3) is 11.1 Å². The van der Waals surface area contributed by atoms with Crippen molar-refractivity contribution in [3.8, 4) is 11.1 Å². The first-order chi connectivity index (χ1) is 27.3. The number of hydrogen-bond acceptors (Lipinski definition) is 8. The van der Waals surface area contributed by atoms with Gasteiger partial charge >= 0.3 is 5.97 Å². The molecular formula is C41H49F2N7O8. The molecule has 17 heteroatoms. The van der Waals surface area contributed by atoms with E-state index in [1.54, 1.807) is 17.2 Å². The summed E-state index contributed by atoms with van der Waals surface area (Å²) in [5, 5.41) is 12.5. The number of benzene rings is 2. The van der Waals surface area contributed by atoms with Crippen molar-refractivity contribution in [2.24, 2.45) is 16.9 Å². The zero-order valence-corrected chi connectivity index (χ0v) is 32.8. The molecule has 1 aliphatic rings. The minimum absolute atomic E-state index is 0.00320. The van der Waals surface area contributed by atoms with Crippen LogP contribution in [0, 0.1) is 17.0 Å². The van der Waals surface area contributed by atoms with E-state index in [9.17, 15) is 43.1 Å². The highest BCUT2D eigenvalue weighted by atomic mass is 19.1. The van der Waals surface area contributed by atoms with Crippen LogP contribution in [0.15, 0.2) is 72.9 Å². The van der Waals surface area contributed by atoms with Crippen LogP contribution in [0.2, 0.25) is 0 Å². The molecule has 0 saturated heterocycles. The second kappa shape index (κ2) is 19.3. The number of nitrogens with zero attached hydrogens (tertiary/aromatic N) is 4. The number of rotatable bonds is 19. The first-order valence-corrected chi connectivity index (χ1v) is 18.6. The molecule has 0 fully saturated rings. The number of amides is 6. The number of carbonyl (C=O) groups excluding carboxylic acids is 6. The molecular weight excluding hydrogens is 756 g/mol. The fourth-order valence-electron chi connectivity index (χ4n) is 6.88. The number of carbonyl (C=O) groups is 7. The Labute approximate surface area is 334 Å². The highest BCUT2D eigenvalue weighted by Gasteiger charge is 2.37. The Hall–Kier alpha value is -6.23. The Kier molecular flexibility index (Phi) is 14.8. The number of nitrogens with one attached hydrogen (secondary N) is 1. The van der Waals surface area contributed by atoms with Gasteiger partial charge in [0, 0.05) is 74.7 Å². The maximum atomic E-state index is 15.1. The van der Waals surface area contributed by atoms with E-state index in [0.29, 0.717) is 22.7 Å². The third-order valence-corrected chi connectivity index (χ3v) is 9.69. The lowest BCUT2D eigenvalue weighted by molar-refractivity contribution is -0.152. The number of imide groups is 1. The van der Waals surface area contributed by atoms with Crippen LogP contribution in [-0.2, 0) is 40.1 Å². The maximum absolute atomic E-state index is 15.1. The summed E-state index contributed by atoms with van der Waals surface area (Å²) in [6.45, 7) is 6.03. The summed E-state index contributed by atoms with van der Waals surface area (Å²) in [4.78, 5) is 90.9. The predicted octanol–water partition coefficient (Wildman–Crippen LogP) is 2.72. The van der Waals surface area contributed by atoms with Crippen LogP contribution in [0.4, 0.5) is 8.78 Å². The quantitative estimate of drug-likeness (QED) is 0.131. The van der Waals surface area contributed by atoms with E-state index in [0.717, 1.165) is 40.8 Å². The zero-order chi connectivity index (χ0) is 42.9. The summed E-state index contributed by atoms with van der Waals surface area (Å²) in [5.41, 5.74) is 12.9. The number of hydrogen-bond donors (Lipinski definition) is 4. The molecule has 310 valence electrons. The number of primary amides is 1. The molecule has 3 atom stereocenters. The smallest absolute Gasteiger partial charge is 0.326 e. The van der Waals surface area contributed by atoms with Gasteiger partial charge < -0.3 is 36.3 Å². The van der Waals surface area contributed by atoms with E-state index >= 15 is 4.39 Å². The summed E-state index contributed by atoms with van der Waals surface area (Å²) in [7, 11) is 0. The van der Waals surface area contributed by atoms with Gasteiger partial charge in [0.15, 0.2) is 0 Å². The fourth-order valence-corrected chi connectivity index (χ4v) is 6.88.